The van der Waals surface area contributed by atoms with Crippen LogP contribution in [0, 0.1) is 6.92 Å². The molecule has 0 radical (unpaired) electrons. The number of phenols is 3. The lowest BCUT2D eigenvalue weighted by Crippen LogP contribution is -2.17. The van der Waals surface area contributed by atoms with Crippen molar-refractivity contribution < 1.29 is 30.0 Å². The van der Waals surface area contributed by atoms with Gasteiger partial charge in [-0.25, -0.2) is 9.97 Å². The second-order valence-electron chi connectivity index (χ2n) is 6.94. The number of aliphatic hydroxyl groups is 1. The summed E-state index contributed by atoms with van der Waals surface area (Å²) >= 11 is 0. The number of hydrogen-bond donors (Lipinski definition) is 5. The lowest BCUT2D eigenvalue weighted by Gasteiger charge is -2.13. The molecule has 2 aromatic carbocycles. The number of aromatic nitrogens is 2. The van der Waals surface area contributed by atoms with Crippen LogP contribution in [0.3, 0.4) is 0 Å². The van der Waals surface area contributed by atoms with E-state index in [0.717, 1.165) is 12.1 Å². The fraction of sp³-hybridized carbons (Fsp3) is 0.182. The second kappa shape index (κ2) is 9.23. The summed E-state index contributed by atoms with van der Waals surface area (Å²) in [5.41, 5.74) is 1.82. The van der Waals surface area contributed by atoms with Gasteiger partial charge in [-0.15, -0.1) is 0 Å². The van der Waals surface area contributed by atoms with Crippen molar-refractivity contribution in [2.24, 2.45) is 0 Å². The minimum atomic E-state index is -0.553. The Labute approximate surface area is 177 Å². The highest BCUT2D eigenvalue weighted by atomic mass is 16.3. The molecule has 0 unspecified atom stereocenters. The number of nitrogens with one attached hydrogen (secondary N) is 1. The van der Waals surface area contributed by atoms with Crippen LogP contribution in [0.5, 0.6) is 17.2 Å². The van der Waals surface area contributed by atoms with Crippen LogP contribution in [0.2, 0.25) is 0 Å². The Bertz CT molecular complexity index is 1120. The summed E-state index contributed by atoms with van der Waals surface area (Å²) in [7, 11) is 0. The third-order valence-electron chi connectivity index (χ3n) is 4.51. The molecule has 31 heavy (non-hydrogen) atoms. The number of aryl methyl sites for hydroxylation is 1. The minimum absolute atomic E-state index is 0.0351. The molecule has 0 saturated heterocycles. The number of rotatable bonds is 7. The highest BCUT2D eigenvalue weighted by molar-refractivity contribution is 5.95. The van der Waals surface area contributed by atoms with E-state index in [0.29, 0.717) is 22.5 Å². The Balaban J connectivity index is 1.88. The van der Waals surface area contributed by atoms with E-state index in [1.807, 2.05) is 0 Å². The Morgan fingerprint density at radius 1 is 1.03 bits per heavy atom. The lowest BCUT2D eigenvalue weighted by atomic mass is 10.0. The molecule has 0 spiro atoms. The van der Waals surface area contributed by atoms with Crippen LogP contribution in [0.25, 0.3) is 11.1 Å². The Kier molecular flexibility index (Phi) is 6.46. The van der Waals surface area contributed by atoms with Crippen LogP contribution in [0.15, 0.2) is 42.6 Å². The van der Waals surface area contributed by atoms with Crippen molar-refractivity contribution in [3.8, 4) is 28.4 Å². The molecule has 0 bridgehead atoms. The highest BCUT2D eigenvalue weighted by Crippen LogP contribution is 2.33. The normalized spacial score (nSPS) is 10.6. The summed E-state index contributed by atoms with van der Waals surface area (Å²) in [5.74, 6) is -1.38. The number of aliphatic hydroxyl groups excluding tert-OH is 1. The van der Waals surface area contributed by atoms with Crippen LogP contribution in [-0.4, -0.2) is 48.7 Å². The van der Waals surface area contributed by atoms with Gasteiger partial charge in [0.2, 0.25) is 5.91 Å². The van der Waals surface area contributed by atoms with Gasteiger partial charge in [0.05, 0.1) is 6.42 Å². The zero-order valence-electron chi connectivity index (χ0n) is 16.7. The average molecular weight is 423 g/mol. The van der Waals surface area contributed by atoms with Gasteiger partial charge < -0.3 is 25.7 Å². The standard InChI is InChI=1S/C22H21N3O6/c1-12-23-10-18(14-4-2-3-13(5-14)6-16(28)11-26)22(24-12)25-21(31)9-17-19(29)7-15(27)8-20(17)30/h2-5,7-8,10,26-27,29-30H,6,9,11H2,1H3,(H,23,24,25,31). The molecule has 1 aromatic heterocycles. The van der Waals surface area contributed by atoms with Crippen molar-refractivity contribution in [2.75, 3.05) is 11.9 Å². The SMILES string of the molecule is Cc1ncc(-c2cccc(CC(=O)CO)c2)c(NC(=O)Cc2c(O)cc(O)cc2O)n1. The summed E-state index contributed by atoms with van der Waals surface area (Å²) in [6.45, 7) is 1.11. The van der Waals surface area contributed by atoms with Crippen molar-refractivity contribution in [2.45, 2.75) is 19.8 Å². The summed E-state index contributed by atoms with van der Waals surface area (Å²) in [5, 5.41) is 40.9. The van der Waals surface area contributed by atoms with Crippen LogP contribution >= 0.6 is 0 Å². The van der Waals surface area contributed by atoms with Crippen LogP contribution < -0.4 is 5.32 Å². The smallest absolute Gasteiger partial charge is 0.230 e. The van der Waals surface area contributed by atoms with Gasteiger partial charge in [0.1, 0.15) is 35.5 Å². The van der Waals surface area contributed by atoms with Crippen LogP contribution in [0.1, 0.15) is 17.0 Å². The third kappa shape index (κ3) is 5.34. The molecule has 9 heteroatoms. The largest absolute Gasteiger partial charge is 0.508 e. The average Bonchev–Trinajstić information content (AvgIpc) is 2.71. The van der Waals surface area contributed by atoms with Crippen molar-refractivity contribution >= 4 is 17.5 Å². The summed E-state index contributed by atoms with van der Waals surface area (Å²) < 4.78 is 0. The summed E-state index contributed by atoms with van der Waals surface area (Å²) in [6, 6.07) is 9.07. The molecule has 0 fully saturated rings. The molecule has 3 aromatic rings. The number of aromatic hydroxyl groups is 3. The molecule has 1 amide bonds. The molecule has 5 N–H and O–H groups in total. The molecule has 0 aliphatic rings. The molecular weight excluding hydrogens is 402 g/mol. The van der Waals surface area contributed by atoms with Crippen LogP contribution in [-0.2, 0) is 22.4 Å². The number of Topliss-reactive ketones (excluding diaryl/α,β-unsaturated/α-hetero) is 1. The van der Waals surface area contributed by atoms with Gasteiger partial charge in [-0.1, -0.05) is 24.3 Å². The van der Waals surface area contributed by atoms with E-state index in [4.69, 9.17) is 5.11 Å². The number of carbonyl (C=O) groups excluding carboxylic acids is 2. The van der Waals surface area contributed by atoms with Gasteiger partial charge in [-0.05, 0) is 18.1 Å². The van der Waals surface area contributed by atoms with Gasteiger partial charge in [0.25, 0.3) is 0 Å². The van der Waals surface area contributed by atoms with E-state index in [-0.39, 0.29) is 35.8 Å². The number of phenolic OH excluding ortho intramolecular Hbond substituents is 3. The van der Waals surface area contributed by atoms with Crippen molar-refractivity contribution in [3.05, 3.63) is 59.5 Å². The van der Waals surface area contributed by atoms with Crippen molar-refractivity contribution in [1.29, 1.82) is 0 Å². The van der Waals surface area contributed by atoms with E-state index in [1.165, 1.54) is 0 Å². The van der Waals surface area contributed by atoms with E-state index in [2.05, 4.69) is 15.3 Å². The third-order valence-corrected chi connectivity index (χ3v) is 4.51. The summed E-state index contributed by atoms with van der Waals surface area (Å²) in [6.07, 6.45) is 1.25. The predicted octanol–water partition coefficient (Wildman–Crippen LogP) is 1.85. The van der Waals surface area contributed by atoms with Gasteiger partial charge >= 0.3 is 0 Å². The molecular formula is C22H21N3O6. The second-order valence-corrected chi connectivity index (χ2v) is 6.94. The first-order chi connectivity index (χ1) is 14.8. The number of anilines is 1. The monoisotopic (exact) mass is 423 g/mol. The maximum atomic E-state index is 12.6. The number of ketones is 1. The first-order valence-corrected chi connectivity index (χ1v) is 9.36. The Morgan fingerprint density at radius 3 is 2.42 bits per heavy atom. The Hall–Kier alpha value is -3.98. The lowest BCUT2D eigenvalue weighted by molar-refractivity contribution is -0.121. The topological polar surface area (TPSA) is 153 Å². The predicted molar refractivity (Wildman–Crippen MR) is 112 cm³/mol. The van der Waals surface area contributed by atoms with Gasteiger partial charge in [-0.3, -0.25) is 9.59 Å². The van der Waals surface area contributed by atoms with E-state index < -0.39 is 24.0 Å². The van der Waals surface area contributed by atoms with E-state index >= 15 is 0 Å². The fourth-order valence-corrected chi connectivity index (χ4v) is 3.05. The van der Waals surface area contributed by atoms with Gasteiger partial charge in [0.15, 0.2) is 5.78 Å². The van der Waals surface area contributed by atoms with Crippen molar-refractivity contribution in [3.63, 3.8) is 0 Å². The van der Waals surface area contributed by atoms with E-state index in [1.54, 1.807) is 37.4 Å². The first-order valence-electron chi connectivity index (χ1n) is 9.36. The quantitative estimate of drug-likeness (QED) is 0.386. The van der Waals surface area contributed by atoms with Gasteiger partial charge in [0, 0.05) is 35.9 Å². The molecule has 0 aliphatic heterocycles. The van der Waals surface area contributed by atoms with E-state index in [9.17, 15) is 24.9 Å². The number of carbonyl (C=O) groups is 2. The molecule has 3 rings (SSSR count). The molecule has 1 heterocycles. The Morgan fingerprint density at radius 2 is 1.74 bits per heavy atom. The zero-order chi connectivity index (χ0) is 22.5. The number of hydrogen-bond acceptors (Lipinski definition) is 8. The molecule has 0 saturated carbocycles. The minimum Gasteiger partial charge on any atom is -0.508 e. The zero-order valence-corrected chi connectivity index (χ0v) is 16.7. The summed E-state index contributed by atoms with van der Waals surface area (Å²) in [4.78, 5) is 32.6. The maximum Gasteiger partial charge on any atom is 0.230 e. The van der Waals surface area contributed by atoms with Crippen LogP contribution in [0.4, 0.5) is 5.82 Å². The number of amides is 1. The molecule has 160 valence electrons. The maximum absolute atomic E-state index is 12.6. The number of benzene rings is 2. The number of nitrogens with zero attached hydrogens (tertiary/aromatic N) is 2. The molecule has 0 aliphatic carbocycles. The fourth-order valence-electron chi connectivity index (χ4n) is 3.05. The molecule has 9 nitrogen and oxygen atoms in total. The molecule has 0 atom stereocenters. The van der Waals surface area contributed by atoms with Crippen molar-refractivity contribution in [1.82, 2.24) is 9.97 Å². The highest BCUT2D eigenvalue weighted by Gasteiger charge is 2.17. The first kappa shape index (κ1) is 21.7. The van der Waals surface area contributed by atoms with Gasteiger partial charge in [-0.2, -0.15) is 0 Å².